The zero-order valence-electron chi connectivity index (χ0n) is 15.3. The van der Waals surface area contributed by atoms with Crippen LogP contribution >= 0.6 is 0 Å². The van der Waals surface area contributed by atoms with Crippen molar-refractivity contribution in [3.8, 4) is 0 Å². The first kappa shape index (κ1) is 17.7. The monoisotopic (exact) mass is 367 g/mol. The molecule has 2 aromatic rings. The average molecular weight is 367 g/mol. The zero-order chi connectivity index (χ0) is 19.0. The molecule has 2 aliphatic heterocycles. The number of para-hydroxylation sites is 1. The third kappa shape index (κ3) is 3.32. The summed E-state index contributed by atoms with van der Waals surface area (Å²) < 4.78 is 14.0. The minimum Gasteiger partial charge on any atom is -0.367 e. The van der Waals surface area contributed by atoms with E-state index < -0.39 is 6.04 Å². The van der Waals surface area contributed by atoms with E-state index in [1.54, 1.807) is 12.1 Å². The van der Waals surface area contributed by atoms with Gasteiger partial charge in [-0.2, -0.15) is 0 Å². The molecule has 27 heavy (non-hydrogen) atoms. The van der Waals surface area contributed by atoms with E-state index in [1.807, 2.05) is 47.1 Å². The molecule has 0 unspecified atom stereocenters. The van der Waals surface area contributed by atoms with Crippen LogP contribution in [0.3, 0.4) is 0 Å². The number of hydrogen-bond donors (Lipinski definition) is 0. The van der Waals surface area contributed by atoms with Crippen LogP contribution in [-0.2, 0) is 9.59 Å². The summed E-state index contributed by atoms with van der Waals surface area (Å²) in [5.74, 6) is -0.558. The van der Waals surface area contributed by atoms with Crippen LogP contribution in [0.4, 0.5) is 15.8 Å². The number of amides is 2. The topological polar surface area (TPSA) is 43.9 Å². The van der Waals surface area contributed by atoms with E-state index in [9.17, 15) is 14.0 Å². The van der Waals surface area contributed by atoms with Crippen molar-refractivity contribution in [1.82, 2.24) is 4.90 Å². The second-order valence-electron chi connectivity index (χ2n) is 7.10. The van der Waals surface area contributed by atoms with Crippen LogP contribution < -0.4 is 9.80 Å². The molecule has 0 aromatic heterocycles. The molecule has 2 saturated heterocycles. The lowest BCUT2D eigenvalue weighted by Crippen LogP contribution is -2.52. The molecule has 0 bridgehead atoms. The van der Waals surface area contributed by atoms with E-state index in [2.05, 4.69) is 0 Å². The van der Waals surface area contributed by atoms with Gasteiger partial charge in [-0.25, -0.2) is 9.29 Å². The van der Waals surface area contributed by atoms with Gasteiger partial charge in [-0.15, -0.1) is 0 Å². The van der Waals surface area contributed by atoms with Gasteiger partial charge in [0.15, 0.2) is 0 Å². The lowest BCUT2D eigenvalue weighted by molar-refractivity contribution is -0.123. The highest BCUT2D eigenvalue weighted by Crippen LogP contribution is 2.27. The summed E-state index contributed by atoms with van der Waals surface area (Å²) in [6, 6.07) is 13.7. The van der Waals surface area contributed by atoms with E-state index in [0.29, 0.717) is 37.6 Å². The number of nitrogens with zero attached hydrogens (tertiary/aromatic N) is 3. The number of piperazine rings is 1. The van der Waals surface area contributed by atoms with Gasteiger partial charge < -0.3 is 4.90 Å². The molecule has 140 valence electrons. The number of hydrogen-bond acceptors (Lipinski definition) is 4. The fourth-order valence-electron chi connectivity index (χ4n) is 3.85. The van der Waals surface area contributed by atoms with Crippen molar-refractivity contribution in [3.05, 3.63) is 59.9 Å². The minimum absolute atomic E-state index is 0.162. The van der Waals surface area contributed by atoms with Crippen molar-refractivity contribution in [2.75, 3.05) is 36.0 Å². The predicted molar refractivity (Wildman–Crippen MR) is 102 cm³/mol. The van der Waals surface area contributed by atoms with Crippen LogP contribution in [0.1, 0.15) is 12.0 Å². The van der Waals surface area contributed by atoms with Gasteiger partial charge in [0.25, 0.3) is 5.91 Å². The van der Waals surface area contributed by atoms with E-state index in [4.69, 9.17) is 0 Å². The molecular formula is C21H22FN3O2. The lowest BCUT2D eigenvalue weighted by Gasteiger charge is -2.38. The molecule has 2 amide bonds. The lowest BCUT2D eigenvalue weighted by atomic mass is 10.1. The number of imide groups is 1. The van der Waals surface area contributed by atoms with E-state index in [-0.39, 0.29) is 24.1 Å². The van der Waals surface area contributed by atoms with E-state index in [1.165, 1.54) is 11.0 Å². The van der Waals surface area contributed by atoms with Crippen LogP contribution in [0.5, 0.6) is 0 Å². The second kappa shape index (κ2) is 7.12. The maximum Gasteiger partial charge on any atom is 0.251 e. The summed E-state index contributed by atoms with van der Waals surface area (Å²) in [7, 11) is 0. The van der Waals surface area contributed by atoms with Crippen LogP contribution in [0.2, 0.25) is 0 Å². The Balaban J connectivity index is 1.44. The molecule has 2 aromatic carbocycles. The Morgan fingerprint density at radius 2 is 1.59 bits per heavy atom. The molecule has 0 radical (unpaired) electrons. The van der Waals surface area contributed by atoms with Crippen molar-refractivity contribution in [3.63, 3.8) is 0 Å². The van der Waals surface area contributed by atoms with E-state index in [0.717, 1.165) is 5.56 Å². The van der Waals surface area contributed by atoms with Gasteiger partial charge in [0, 0.05) is 26.2 Å². The largest absolute Gasteiger partial charge is 0.367 e. The Kier molecular flexibility index (Phi) is 4.66. The highest BCUT2D eigenvalue weighted by molar-refractivity contribution is 6.22. The Hall–Kier alpha value is -2.73. The van der Waals surface area contributed by atoms with Gasteiger partial charge in [-0.3, -0.25) is 14.5 Å². The zero-order valence-corrected chi connectivity index (χ0v) is 15.3. The number of carbonyl (C=O) groups is 2. The van der Waals surface area contributed by atoms with Crippen molar-refractivity contribution in [2.24, 2.45) is 0 Å². The van der Waals surface area contributed by atoms with E-state index >= 15 is 0 Å². The van der Waals surface area contributed by atoms with Crippen molar-refractivity contribution in [1.29, 1.82) is 0 Å². The fourth-order valence-corrected chi connectivity index (χ4v) is 3.85. The van der Waals surface area contributed by atoms with Gasteiger partial charge >= 0.3 is 0 Å². The summed E-state index contributed by atoms with van der Waals surface area (Å²) in [5, 5.41) is 0. The molecule has 0 aliphatic carbocycles. The Morgan fingerprint density at radius 1 is 0.926 bits per heavy atom. The second-order valence-corrected chi connectivity index (χ2v) is 7.10. The molecule has 4 rings (SSSR count). The highest BCUT2D eigenvalue weighted by atomic mass is 19.1. The molecule has 2 aliphatic rings. The first-order valence-corrected chi connectivity index (χ1v) is 9.21. The van der Waals surface area contributed by atoms with Gasteiger partial charge in [0.1, 0.15) is 5.82 Å². The fraction of sp³-hybridized carbons (Fsp3) is 0.333. The Morgan fingerprint density at radius 3 is 2.26 bits per heavy atom. The quantitative estimate of drug-likeness (QED) is 0.783. The Bertz CT molecular complexity index is 860. The Labute approximate surface area is 158 Å². The first-order chi connectivity index (χ1) is 13.0. The van der Waals surface area contributed by atoms with Gasteiger partial charge in [-0.05, 0) is 31.2 Å². The van der Waals surface area contributed by atoms with Gasteiger partial charge in [0.05, 0.1) is 23.8 Å². The normalized spacial score (nSPS) is 21.2. The van der Waals surface area contributed by atoms with Gasteiger partial charge in [0.2, 0.25) is 5.91 Å². The number of halogens is 1. The first-order valence-electron chi connectivity index (χ1n) is 9.21. The van der Waals surface area contributed by atoms with Crippen LogP contribution in [0.15, 0.2) is 48.5 Å². The third-order valence-corrected chi connectivity index (χ3v) is 5.36. The molecule has 2 fully saturated rings. The van der Waals surface area contributed by atoms with Crippen LogP contribution in [-0.4, -0.2) is 48.9 Å². The molecule has 0 saturated carbocycles. The average Bonchev–Trinajstić information content (AvgIpc) is 2.97. The maximum atomic E-state index is 14.0. The SMILES string of the molecule is Cc1ccc(N2C(=O)C[C@H](N3CCN(c4ccccc4F)CC3)C2=O)cc1. The molecule has 5 nitrogen and oxygen atoms in total. The number of aryl methyl sites for hydroxylation is 1. The number of anilines is 2. The number of rotatable bonds is 3. The molecule has 2 heterocycles. The summed E-state index contributed by atoms with van der Waals surface area (Å²) in [6.07, 6.45) is 0.201. The molecule has 1 atom stereocenters. The molecule has 6 heteroatoms. The minimum atomic E-state index is -0.429. The number of benzene rings is 2. The standard InChI is InChI=1S/C21H22FN3O2/c1-15-6-8-16(9-7-15)25-20(26)14-19(21(25)27)24-12-10-23(11-13-24)18-5-3-2-4-17(18)22/h2-9,19H,10-14H2,1H3/t19-/m0/s1. The molecule has 0 spiro atoms. The summed E-state index contributed by atoms with van der Waals surface area (Å²) in [4.78, 5) is 30.7. The number of carbonyl (C=O) groups excluding carboxylic acids is 2. The van der Waals surface area contributed by atoms with Crippen LogP contribution in [0.25, 0.3) is 0 Å². The summed E-state index contributed by atoms with van der Waals surface area (Å²) in [6.45, 7) is 4.47. The maximum absolute atomic E-state index is 14.0. The van der Waals surface area contributed by atoms with Crippen molar-refractivity contribution in [2.45, 2.75) is 19.4 Å². The van der Waals surface area contributed by atoms with Gasteiger partial charge in [-0.1, -0.05) is 29.8 Å². The highest BCUT2D eigenvalue weighted by Gasteiger charge is 2.43. The third-order valence-electron chi connectivity index (χ3n) is 5.36. The predicted octanol–water partition coefficient (Wildman–Crippen LogP) is 2.59. The smallest absolute Gasteiger partial charge is 0.251 e. The van der Waals surface area contributed by atoms with Crippen LogP contribution in [0, 0.1) is 12.7 Å². The van der Waals surface area contributed by atoms with Crippen molar-refractivity contribution >= 4 is 23.2 Å². The summed E-state index contributed by atoms with van der Waals surface area (Å²) >= 11 is 0. The molecular weight excluding hydrogens is 345 g/mol. The summed E-state index contributed by atoms with van der Waals surface area (Å²) in [5.41, 5.74) is 2.30. The van der Waals surface area contributed by atoms with Crippen molar-refractivity contribution < 1.29 is 14.0 Å². The molecule has 0 N–H and O–H groups in total.